The van der Waals surface area contributed by atoms with E-state index in [0.29, 0.717) is 0 Å². The van der Waals surface area contributed by atoms with Crippen LogP contribution in [0.15, 0.2) is 0 Å². The molecule has 0 spiro atoms. The summed E-state index contributed by atoms with van der Waals surface area (Å²) in [5.41, 5.74) is 1.84. The van der Waals surface area contributed by atoms with E-state index in [2.05, 4.69) is 0 Å². The number of hydrogen-bond acceptors (Lipinski definition) is 5. The van der Waals surface area contributed by atoms with Crippen LogP contribution in [0.1, 0.15) is 6.92 Å². The van der Waals surface area contributed by atoms with E-state index < -0.39 is 22.2 Å². The Morgan fingerprint density at radius 1 is 1.89 bits per heavy atom. The quantitative estimate of drug-likeness (QED) is 0.283. The van der Waals surface area contributed by atoms with Gasteiger partial charge in [0.2, 0.25) is 0 Å². The monoisotopic (exact) mass is 151 g/mol. The van der Waals surface area contributed by atoms with E-state index in [1.807, 2.05) is 5.43 Å². The first kappa shape index (κ1) is 8.70. The Bertz CT molecular complexity index is 123. The van der Waals surface area contributed by atoms with Crippen LogP contribution in [0.25, 0.3) is 0 Å². The molecule has 0 aliphatic rings. The zero-order valence-corrected chi connectivity index (χ0v) is 5.60. The second-order valence-electron chi connectivity index (χ2n) is 1.42. The summed E-state index contributed by atoms with van der Waals surface area (Å²) in [5, 5.41) is -1.27. The van der Waals surface area contributed by atoms with Crippen molar-refractivity contribution in [1.29, 1.82) is 0 Å². The molecule has 0 heterocycles. The normalized spacial score (nSPS) is 16.8. The molecule has 2 unspecified atom stereocenters. The summed E-state index contributed by atoms with van der Waals surface area (Å²) in [5.74, 6) is 4.19. The van der Waals surface area contributed by atoms with Crippen molar-refractivity contribution >= 4 is 16.9 Å². The Hall–Kier alpha value is -0.300. The lowest BCUT2D eigenvalue weighted by Crippen LogP contribution is -2.43. The number of nitrogens with one attached hydrogen (secondary N) is 1. The van der Waals surface area contributed by atoms with Gasteiger partial charge in [0, 0.05) is 0 Å². The Balaban J connectivity index is 3.99. The van der Waals surface area contributed by atoms with Gasteiger partial charge in [0.1, 0.15) is 5.37 Å². The third kappa shape index (κ3) is 2.66. The van der Waals surface area contributed by atoms with Crippen LogP contribution in [0.3, 0.4) is 0 Å². The van der Waals surface area contributed by atoms with Crippen LogP contribution >= 0.6 is 0 Å². The van der Waals surface area contributed by atoms with E-state index in [1.54, 1.807) is 0 Å². The maximum absolute atomic E-state index is 10.3. The molecule has 0 saturated heterocycles. The van der Waals surface area contributed by atoms with Crippen LogP contribution < -0.4 is 11.3 Å². The molecule has 0 bridgehead atoms. The molecule has 3 N–H and O–H groups in total. The first-order valence-electron chi connectivity index (χ1n) is 2.14. The van der Waals surface area contributed by atoms with Crippen LogP contribution in [-0.2, 0) is 15.9 Å². The molecule has 0 amide bonds. The molecule has 0 rings (SSSR count). The van der Waals surface area contributed by atoms with Crippen LogP contribution in [0, 0.1) is 0 Å². The van der Waals surface area contributed by atoms with Gasteiger partial charge in [-0.15, -0.1) is 0 Å². The SMILES string of the molecule is CC(=O)C(NN)S(=O)[O-]. The topological polar surface area (TPSA) is 95.2 Å². The first-order valence-corrected chi connectivity index (χ1v) is 3.28. The molecular formula is C3H7N2O3S-. The molecule has 0 radical (unpaired) electrons. The zero-order chi connectivity index (χ0) is 7.44. The number of rotatable bonds is 3. The van der Waals surface area contributed by atoms with Crippen molar-refractivity contribution in [3.05, 3.63) is 0 Å². The summed E-state index contributed by atoms with van der Waals surface area (Å²) in [6.07, 6.45) is 0. The van der Waals surface area contributed by atoms with Crippen molar-refractivity contribution in [2.24, 2.45) is 5.84 Å². The molecule has 0 aliphatic heterocycles. The van der Waals surface area contributed by atoms with Gasteiger partial charge in [-0.25, -0.2) is 5.43 Å². The Labute approximate surface area is 54.9 Å². The number of hydrogen-bond donors (Lipinski definition) is 2. The van der Waals surface area contributed by atoms with Gasteiger partial charge in [0.05, 0.1) is 0 Å². The average Bonchev–Trinajstić information content (AvgIpc) is 1.64. The standard InChI is InChI=1S/C3H8N2O3S/c1-2(6)3(5-4)9(7)8/h3,5H,4H2,1H3,(H,7,8)/p-1. The number of carbonyl (C=O) groups is 1. The second-order valence-corrected chi connectivity index (χ2v) is 2.41. The summed E-state index contributed by atoms with van der Waals surface area (Å²) in [7, 11) is 0. The second kappa shape index (κ2) is 3.67. The van der Waals surface area contributed by atoms with Gasteiger partial charge >= 0.3 is 0 Å². The Morgan fingerprint density at radius 2 is 2.33 bits per heavy atom. The predicted octanol–water partition coefficient (Wildman–Crippen LogP) is -1.76. The van der Waals surface area contributed by atoms with Gasteiger partial charge < -0.3 is 4.55 Å². The highest BCUT2D eigenvalue weighted by Crippen LogP contribution is 1.86. The third-order valence-corrected chi connectivity index (χ3v) is 1.57. The average molecular weight is 151 g/mol. The van der Waals surface area contributed by atoms with Crippen LogP contribution in [-0.4, -0.2) is 19.9 Å². The lowest BCUT2D eigenvalue weighted by Gasteiger charge is -2.14. The Kier molecular flexibility index (Phi) is 3.55. The fourth-order valence-corrected chi connectivity index (χ4v) is 0.691. The molecule has 54 valence electrons. The number of Topliss-reactive ketones (excluding diaryl/α,β-unsaturated/α-hetero) is 1. The smallest absolute Gasteiger partial charge is 0.159 e. The number of hydrazine groups is 1. The van der Waals surface area contributed by atoms with Crippen molar-refractivity contribution in [3.8, 4) is 0 Å². The van der Waals surface area contributed by atoms with E-state index in [-0.39, 0.29) is 0 Å². The van der Waals surface area contributed by atoms with Crippen LogP contribution in [0.5, 0.6) is 0 Å². The lowest BCUT2D eigenvalue weighted by molar-refractivity contribution is -0.117. The number of carbonyl (C=O) groups excluding carboxylic acids is 1. The van der Waals surface area contributed by atoms with Gasteiger partial charge in [0.25, 0.3) is 0 Å². The highest BCUT2D eigenvalue weighted by atomic mass is 32.2. The minimum absolute atomic E-state index is 0.522. The largest absolute Gasteiger partial charge is 0.771 e. The summed E-state index contributed by atoms with van der Waals surface area (Å²) in [4.78, 5) is 10.3. The van der Waals surface area contributed by atoms with Crippen LogP contribution in [0.2, 0.25) is 0 Å². The molecule has 5 nitrogen and oxygen atoms in total. The van der Waals surface area contributed by atoms with Gasteiger partial charge in [-0.05, 0) is 18.0 Å². The molecule has 0 aromatic heterocycles. The molecule has 2 atom stereocenters. The molecular weight excluding hydrogens is 144 g/mol. The summed E-state index contributed by atoms with van der Waals surface area (Å²) in [6.45, 7) is 1.14. The predicted molar refractivity (Wildman–Crippen MR) is 30.7 cm³/mol. The lowest BCUT2D eigenvalue weighted by atomic mass is 10.5. The molecule has 0 fully saturated rings. The molecule has 0 aromatic carbocycles. The Morgan fingerprint density at radius 3 is 2.33 bits per heavy atom. The molecule has 9 heavy (non-hydrogen) atoms. The highest BCUT2D eigenvalue weighted by molar-refractivity contribution is 7.80. The van der Waals surface area contributed by atoms with E-state index in [4.69, 9.17) is 5.84 Å². The minimum Gasteiger partial charge on any atom is -0.771 e. The number of ketones is 1. The third-order valence-electron chi connectivity index (χ3n) is 0.713. The molecule has 0 aromatic rings. The maximum atomic E-state index is 10.3. The molecule has 0 saturated carbocycles. The van der Waals surface area contributed by atoms with E-state index in [9.17, 15) is 13.6 Å². The van der Waals surface area contributed by atoms with Gasteiger partial charge in [-0.2, -0.15) is 0 Å². The molecule has 6 heteroatoms. The number of nitrogens with two attached hydrogens (primary N) is 1. The van der Waals surface area contributed by atoms with Crippen molar-refractivity contribution in [2.75, 3.05) is 0 Å². The fourth-order valence-electron chi connectivity index (χ4n) is 0.308. The summed E-state index contributed by atoms with van der Waals surface area (Å²) >= 11 is -2.47. The summed E-state index contributed by atoms with van der Waals surface area (Å²) in [6, 6.07) is 0. The maximum Gasteiger partial charge on any atom is 0.159 e. The first-order chi connectivity index (χ1) is 4.09. The van der Waals surface area contributed by atoms with E-state index in [1.165, 1.54) is 0 Å². The van der Waals surface area contributed by atoms with E-state index >= 15 is 0 Å². The van der Waals surface area contributed by atoms with Crippen molar-refractivity contribution in [3.63, 3.8) is 0 Å². The van der Waals surface area contributed by atoms with E-state index in [0.717, 1.165) is 6.92 Å². The highest BCUT2D eigenvalue weighted by Gasteiger charge is 2.10. The van der Waals surface area contributed by atoms with Crippen molar-refractivity contribution in [2.45, 2.75) is 12.3 Å². The van der Waals surface area contributed by atoms with Gasteiger partial charge in [0.15, 0.2) is 5.78 Å². The van der Waals surface area contributed by atoms with Crippen molar-refractivity contribution in [1.82, 2.24) is 5.43 Å². The zero-order valence-electron chi connectivity index (χ0n) is 4.79. The fraction of sp³-hybridized carbons (Fsp3) is 0.667. The molecule has 0 aliphatic carbocycles. The van der Waals surface area contributed by atoms with Gasteiger partial charge in [-0.3, -0.25) is 14.8 Å². The van der Waals surface area contributed by atoms with Gasteiger partial charge in [-0.1, -0.05) is 0 Å². The minimum atomic E-state index is -2.47. The van der Waals surface area contributed by atoms with Crippen molar-refractivity contribution < 1.29 is 13.6 Å². The van der Waals surface area contributed by atoms with Crippen LogP contribution in [0.4, 0.5) is 0 Å². The summed E-state index contributed by atoms with van der Waals surface area (Å²) < 4.78 is 20.0.